The minimum absolute atomic E-state index is 0.250. The molecule has 19 heavy (non-hydrogen) atoms. The molecule has 0 saturated carbocycles. The zero-order valence-corrected chi connectivity index (χ0v) is 11.7. The highest BCUT2D eigenvalue weighted by molar-refractivity contribution is 7.99. The van der Waals surface area contributed by atoms with E-state index in [0.717, 1.165) is 15.4 Å². The smallest absolute Gasteiger partial charge is 0.124 e. The highest BCUT2D eigenvalue weighted by Gasteiger charge is 2.08. The Morgan fingerprint density at radius 1 is 1.00 bits per heavy atom. The summed E-state index contributed by atoms with van der Waals surface area (Å²) < 4.78 is 26.5. The van der Waals surface area contributed by atoms with E-state index in [1.54, 1.807) is 12.1 Å². The summed E-state index contributed by atoms with van der Waals surface area (Å²) in [4.78, 5) is 3.73. The maximum atomic E-state index is 13.3. The van der Waals surface area contributed by atoms with Gasteiger partial charge in [0, 0.05) is 16.3 Å². The van der Waals surface area contributed by atoms with Crippen LogP contribution in [0.5, 0.6) is 0 Å². The molecule has 2 aromatic carbocycles. The van der Waals surface area contributed by atoms with Crippen LogP contribution in [0.2, 0.25) is 0 Å². The average Bonchev–Trinajstić information content (AvgIpc) is 2.32. The number of benzene rings is 2. The molecule has 0 saturated heterocycles. The van der Waals surface area contributed by atoms with Crippen LogP contribution in [0.15, 0.2) is 52.3 Å². The van der Waals surface area contributed by atoms with Crippen LogP contribution in [0.4, 0.5) is 8.78 Å². The van der Waals surface area contributed by atoms with Crippen molar-refractivity contribution in [3.63, 3.8) is 0 Å². The van der Waals surface area contributed by atoms with Crippen LogP contribution in [-0.4, -0.2) is 19.0 Å². The first-order chi connectivity index (χ1) is 9.04. The maximum absolute atomic E-state index is 13.3. The van der Waals surface area contributed by atoms with Crippen LogP contribution in [-0.2, 0) is 6.54 Å². The Kier molecular flexibility index (Phi) is 4.56. The Balaban J connectivity index is 2.28. The van der Waals surface area contributed by atoms with E-state index >= 15 is 0 Å². The third-order valence-corrected chi connectivity index (χ3v) is 3.64. The van der Waals surface area contributed by atoms with Gasteiger partial charge < -0.3 is 4.90 Å². The number of hydrogen-bond acceptors (Lipinski definition) is 2. The second kappa shape index (κ2) is 6.17. The highest BCUT2D eigenvalue weighted by Crippen LogP contribution is 2.31. The predicted octanol–water partition coefficient (Wildman–Crippen LogP) is 4.18. The SMILES string of the molecule is CN(C)Cc1cc(F)ccc1Sc1cccc(F)c1. The molecule has 0 bridgehead atoms. The van der Waals surface area contributed by atoms with E-state index in [1.807, 2.05) is 25.1 Å². The van der Waals surface area contributed by atoms with Gasteiger partial charge in [0.15, 0.2) is 0 Å². The molecule has 100 valence electrons. The molecule has 0 aromatic heterocycles. The van der Waals surface area contributed by atoms with Gasteiger partial charge in [0.25, 0.3) is 0 Å². The van der Waals surface area contributed by atoms with Crippen molar-refractivity contribution in [3.05, 3.63) is 59.7 Å². The van der Waals surface area contributed by atoms with E-state index in [2.05, 4.69) is 0 Å². The molecule has 0 unspecified atom stereocenters. The van der Waals surface area contributed by atoms with E-state index in [1.165, 1.54) is 36.0 Å². The first kappa shape index (κ1) is 14.0. The van der Waals surface area contributed by atoms with Crippen LogP contribution in [0.25, 0.3) is 0 Å². The van der Waals surface area contributed by atoms with Gasteiger partial charge in [0.2, 0.25) is 0 Å². The maximum Gasteiger partial charge on any atom is 0.124 e. The lowest BCUT2D eigenvalue weighted by atomic mass is 10.2. The Morgan fingerprint density at radius 2 is 1.74 bits per heavy atom. The van der Waals surface area contributed by atoms with Crippen molar-refractivity contribution >= 4 is 11.8 Å². The molecule has 0 atom stereocenters. The van der Waals surface area contributed by atoms with Gasteiger partial charge in [-0.1, -0.05) is 17.8 Å². The Labute approximate surface area is 116 Å². The number of nitrogens with zero attached hydrogens (tertiary/aromatic N) is 1. The second-order valence-electron chi connectivity index (χ2n) is 4.55. The minimum Gasteiger partial charge on any atom is -0.305 e. The third kappa shape index (κ3) is 4.04. The van der Waals surface area contributed by atoms with Crippen molar-refractivity contribution in [2.45, 2.75) is 16.3 Å². The van der Waals surface area contributed by atoms with Crippen LogP contribution >= 0.6 is 11.8 Å². The van der Waals surface area contributed by atoms with E-state index < -0.39 is 0 Å². The van der Waals surface area contributed by atoms with E-state index in [-0.39, 0.29) is 11.6 Å². The molecule has 0 N–H and O–H groups in total. The molecule has 0 amide bonds. The van der Waals surface area contributed by atoms with Gasteiger partial charge in [-0.2, -0.15) is 0 Å². The van der Waals surface area contributed by atoms with Crippen molar-refractivity contribution in [1.29, 1.82) is 0 Å². The molecule has 0 aliphatic heterocycles. The van der Waals surface area contributed by atoms with Gasteiger partial charge in [-0.15, -0.1) is 0 Å². The standard InChI is InChI=1S/C15H15F2NS/c1-18(2)10-11-8-13(17)6-7-15(11)19-14-5-3-4-12(16)9-14/h3-9H,10H2,1-2H3. The normalized spacial score (nSPS) is 11.0. The lowest BCUT2D eigenvalue weighted by molar-refractivity contribution is 0.398. The highest BCUT2D eigenvalue weighted by atomic mass is 32.2. The Bertz CT molecular complexity index is 570. The van der Waals surface area contributed by atoms with Gasteiger partial charge in [-0.3, -0.25) is 0 Å². The molecular formula is C15H15F2NS. The fourth-order valence-electron chi connectivity index (χ4n) is 1.77. The third-order valence-electron chi connectivity index (χ3n) is 2.53. The van der Waals surface area contributed by atoms with Gasteiger partial charge in [-0.25, -0.2) is 8.78 Å². The quantitative estimate of drug-likeness (QED) is 0.826. The lowest BCUT2D eigenvalue weighted by Crippen LogP contribution is -2.11. The number of rotatable bonds is 4. The summed E-state index contributed by atoms with van der Waals surface area (Å²) in [6, 6.07) is 11.1. The van der Waals surface area contributed by atoms with Crippen molar-refractivity contribution in [2.75, 3.05) is 14.1 Å². The summed E-state index contributed by atoms with van der Waals surface area (Å²) in [5.74, 6) is -0.512. The fraction of sp³-hybridized carbons (Fsp3) is 0.200. The molecule has 0 spiro atoms. The van der Waals surface area contributed by atoms with Crippen LogP contribution < -0.4 is 0 Å². The molecule has 0 aliphatic rings. The summed E-state index contributed by atoms with van der Waals surface area (Å²) in [6.07, 6.45) is 0. The van der Waals surface area contributed by atoms with Crippen LogP contribution in [0, 0.1) is 11.6 Å². The number of halogens is 2. The largest absolute Gasteiger partial charge is 0.305 e. The fourth-order valence-corrected chi connectivity index (χ4v) is 2.73. The van der Waals surface area contributed by atoms with Gasteiger partial charge in [-0.05, 0) is 56.1 Å². The van der Waals surface area contributed by atoms with Crippen molar-refractivity contribution < 1.29 is 8.78 Å². The van der Waals surface area contributed by atoms with Gasteiger partial charge in [0.1, 0.15) is 11.6 Å². The van der Waals surface area contributed by atoms with Crippen molar-refractivity contribution in [3.8, 4) is 0 Å². The van der Waals surface area contributed by atoms with Crippen molar-refractivity contribution in [2.24, 2.45) is 0 Å². The first-order valence-corrected chi connectivity index (χ1v) is 6.73. The molecule has 1 nitrogen and oxygen atoms in total. The predicted molar refractivity (Wildman–Crippen MR) is 74.3 cm³/mol. The molecule has 0 fully saturated rings. The lowest BCUT2D eigenvalue weighted by Gasteiger charge is -2.14. The second-order valence-corrected chi connectivity index (χ2v) is 5.66. The van der Waals surface area contributed by atoms with E-state index in [0.29, 0.717) is 6.54 Å². The molecule has 2 aromatic rings. The average molecular weight is 279 g/mol. The monoisotopic (exact) mass is 279 g/mol. The summed E-state index contributed by atoms with van der Waals surface area (Å²) in [5.41, 5.74) is 0.902. The molecule has 0 heterocycles. The minimum atomic E-state index is -0.263. The zero-order chi connectivity index (χ0) is 13.8. The molecule has 2 rings (SSSR count). The summed E-state index contributed by atoms with van der Waals surface area (Å²) >= 11 is 1.45. The summed E-state index contributed by atoms with van der Waals surface area (Å²) in [5, 5.41) is 0. The Hall–Kier alpha value is -1.39. The summed E-state index contributed by atoms with van der Waals surface area (Å²) in [7, 11) is 3.86. The number of hydrogen-bond donors (Lipinski definition) is 0. The molecular weight excluding hydrogens is 264 g/mol. The van der Waals surface area contributed by atoms with Gasteiger partial charge in [0.05, 0.1) is 0 Å². The topological polar surface area (TPSA) is 3.24 Å². The Morgan fingerprint density at radius 3 is 2.42 bits per heavy atom. The van der Waals surface area contributed by atoms with E-state index in [4.69, 9.17) is 0 Å². The van der Waals surface area contributed by atoms with Crippen molar-refractivity contribution in [1.82, 2.24) is 4.90 Å². The zero-order valence-electron chi connectivity index (χ0n) is 10.9. The first-order valence-electron chi connectivity index (χ1n) is 5.91. The summed E-state index contributed by atoms with van der Waals surface area (Å²) in [6.45, 7) is 0.648. The van der Waals surface area contributed by atoms with Crippen LogP contribution in [0.3, 0.4) is 0 Å². The molecule has 4 heteroatoms. The van der Waals surface area contributed by atoms with E-state index in [9.17, 15) is 8.78 Å². The molecule has 0 radical (unpaired) electrons. The van der Waals surface area contributed by atoms with Crippen LogP contribution in [0.1, 0.15) is 5.56 Å². The molecule has 0 aliphatic carbocycles. The van der Waals surface area contributed by atoms with Gasteiger partial charge >= 0.3 is 0 Å².